The molecule has 0 saturated carbocycles. The van der Waals surface area contributed by atoms with Gasteiger partial charge < -0.3 is 10.8 Å². The van der Waals surface area contributed by atoms with Crippen LogP contribution in [0.3, 0.4) is 0 Å². The van der Waals surface area contributed by atoms with Crippen molar-refractivity contribution in [1.29, 1.82) is 0 Å². The molecule has 0 atom stereocenters. The van der Waals surface area contributed by atoms with Crippen LogP contribution < -0.4 is 5.73 Å². The van der Waals surface area contributed by atoms with E-state index in [9.17, 15) is 5.11 Å². The summed E-state index contributed by atoms with van der Waals surface area (Å²) < 4.78 is 0.782. The average molecular weight is 258 g/mol. The maximum Gasteiger partial charge on any atom is 0.130 e. The van der Waals surface area contributed by atoms with E-state index in [4.69, 9.17) is 5.73 Å². The molecule has 0 aliphatic heterocycles. The van der Waals surface area contributed by atoms with Crippen LogP contribution in [0.2, 0.25) is 0 Å². The fourth-order valence-corrected chi connectivity index (χ4v) is 1.68. The van der Waals surface area contributed by atoms with E-state index in [1.54, 1.807) is 6.07 Å². The Hall–Kier alpha value is -0.540. The largest absolute Gasteiger partial charge is 0.507 e. The number of phenols is 1. The number of aryl methyl sites for hydroxylation is 1. The summed E-state index contributed by atoms with van der Waals surface area (Å²) in [5.74, 6) is 0.289. The lowest BCUT2D eigenvalue weighted by molar-refractivity contribution is 0.463. The van der Waals surface area contributed by atoms with Crippen molar-refractivity contribution in [3.05, 3.63) is 28.2 Å². The molecule has 3 N–H and O–H groups in total. The third-order valence-corrected chi connectivity index (χ3v) is 3.01. The summed E-state index contributed by atoms with van der Waals surface area (Å²) in [7, 11) is 0. The molecule has 0 saturated heterocycles. The summed E-state index contributed by atoms with van der Waals surface area (Å²) in [6.07, 6.45) is 1.77. The summed E-state index contributed by atoms with van der Waals surface area (Å²) in [6, 6.07) is 5.51. The van der Waals surface area contributed by atoms with Crippen LogP contribution in [0.4, 0.5) is 0 Å². The second-order valence-corrected chi connectivity index (χ2v) is 5.03. The molecule has 3 heteroatoms. The first-order valence-electron chi connectivity index (χ1n) is 4.65. The van der Waals surface area contributed by atoms with E-state index in [1.807, 2.05) is 26.0 Å². The van der Waals surface area contributed by atoms with Crippen molar-refractivity contribution in [2.75, 3.05) is 0 Å². The van der Waals surface area contributed by atoms with Gasteiger partial charge in [-0.3, -0.25) is 0 Å². The number of halogens is 1. The minimum atomic E-state index is -0.162. The Labute approximate surface area is 93.3 Å². The highest BCUT2D eigenvalue weighted by Gasteiger charge is 2.12. The van der Waals surface area contributed by atoms with E-state index >= 15 is 0 Å². The second-order valence-electron chi connectivity index (χ2n) is 4.24. The smallest absolute Gasteiger partial charge is 0.130 e. The molecule has 2 nitrogen and oxygen atoms in total. The van der Waals surface area contributed by atoms with Crippen LogP contribution >= 0.6 is 15.9 Å². The molecule has 14 heavy (non-hydrogen) atoms. The van der Waals surface area contributed by atoms with Crippen molar-refractivity contribution >= 4 is 15.9 Å². The fourth-order valence-electron chi connectivity index (χ4n) is 1.22. The molecule has 0 fully saturated rings. The zero-order chi connectivity index (χ0) is 10.8. The van der Waals surface area contributed by atoms with E-state index in [0.717, 1.165) is 22.9 Å². The van der Waals surface area contributed by atoms with Crippen LogP contribution in [-0.4, -0.2) is 10.6 Å². The Bertz CT molecular complexity index is 318. The van der Waals surface area contributed by atoms with Gasteiger partial charge in [-0.05, 0) is 54.2 Å². The summed E-state index contributed by atoms with van der Waals surface area (Å²) in [5, 5.41) is 9.45. The van der Waals surface area contributed by atoms with Crippen molar-refractivity contribution in [2.45, 2.75) is 32.2 Å². The molecule has 0 bridgehead atoms. The number of nitrogens with two attached hydrogens (primary N) is 1. The zero-order valence-corrected chi connectivity index (χ0v) is 10.1. The Morgan fingerprint density at radius 3 is 2.64 bits per heavy atom. The lowest BCUT2D eigenvalue weighted by Crippen LogP contribution is -2.32. The number of hydrogen-bond acceptors (Lipinski definition) is 2. The van der Waals surface area contributed by atoms with E-state index in [2.05, 4.69) is 15.9 Å². The Morgan fingerprint density at radius 2 is 2.07 bits per heavy atom. The molecule has 1 aromatic carbocycles. The molecule has 0 radical (unpaired) electrons. The number of benzene rings is 1. The minimum absolute atomic E-state index is 0.162. The average Bonchev–Trinajstić information content (AvgIpc) is 2.06. The lowest BCUT2D eigenvalue weighted by atomic mass is 9.96. The van der Waals surface area contributed by atoms with Gasteiger partial charge in [-0.15, -0.1) is 0 Å². The van der Waals surface area contributed by atoms with Gasteiger partial charge in [0.2, 0.25) is 0 Å². The molecule has 78 valence electrons. The fraction of sp³-hybridized carbons (Fsp3) is 0.455. The highest BCUT2D eigenvalue weighted by atomic mass is 79.9. The first kappa shape index (κ1) is 11.5. The van der Waals surface area contributed by atoms with Gasteiger partial charge in [0.15, 0.2) is 0 Å². The van der Waals surface area contributed by atoms with Crippen molar-refractivity contribution in [3.8, 4) is 5.75 Å². The Kier molecular flexibility index (Phi) is 3.56. The van der Waals surface area contributed by atoms with E-state index in [0.29, 0.717) is 0 Å². The highest BCUT2D eigenvalue weighted by molar-refractivity contribution is 9.10. The second kappa shape index (κ2) is 4.32. The topological polar surface area (TPSA) is 46.2 Å². The molecular formula is C11H16BrNO. The van der Waals surface area contributed by atoms with Crippen LogP contribution in [-0.2, 0) is 6.42 Å². The van der Waals surface area contributed by atoms with E-state index in [1.165, 1.54) is 0 Å². The molecule has 0 spiro atoms. The van der Waals surface area contributed by atoms with Gasteiger partial charge in [-0.2, -0.15) is 0 Å². The van der Waals surface area contributed by atoms with Crippen LogP contribution in [0.5, 0.6) is 5.75 Å². The molecule has 0 aromatic heterocycles. The molecule has 0 heterocycles. The normalized spacial score (nSPS) is 11.7. The third kappa shape index (κ3) is 3.31. The van der Waals surface area contributed by atoms with E-state index < -0.39 is 0 Å². The summed E-state index contributed by atoms with van der Waals surface area (Å²) >= 11 is 3.36. The summed E-state index contributed by atoms with van der Waals surface area (Å²) in [6.45, 7) is 4.01. The maximum absolute atomic E-state index is 9.45. The highest BCUT2D eigenvalue weighted by Crippen LogP contribution is 2.28. The van der Waals surface area contributed by atoms with Gasteiger partial charge in [0.25, 0.3) is 0 Å². The SMILES string of the molecule is CC(C)(N)CCc1cccc(O)c1Br. The van der Waals surface area contributed by atoms with Gasteiger partial charge in [0, 0.05) is 5.54 Å². The maximum atomic E-state index is 9.45. The van der Waals surface area contributed by atoms with E-state index in [-0.39, 0.29) is 11.3 Å². The Balaban J connectivity index is 2.73. The monoisotopic (exact) mass is 257 g/mol. The molecule has 1 aromatic rings. The molecule has 1 rings (SSSR count). The quantitative estimate of drug-likeness (QED) is 0.875. The predicted octanol–water partition coefficient (Wildman–Crippen LogP) is 2.82. The first-order chi connectivity index (χ1) is 6.40. The number of aromatic hydroxyl groups is 1. The van der Waals surface area contributed by atoms with Crippen molar-refractivity contribution in [3.63, 3.8) is 0 Å². The first-order valence-corrected chi connectivity index (χ1v) is 5.45. The molecule has 0 amide bonds. The standard InChI is InChI=1S/C11H16BrNO/c1-11(2,13)7-6-8-4-3-5-9(14)10(8)12/h3-5,14H,6-7,13H2,1-2H3. The van der Waals surface area contributed by atoms with Crippen LogP contribution in [0.1, 0.15) is 25.8 Å². The van der Waals surface area contributed by atoms with Gasteiger partial charge in [0.05, 0.1) is 4.47 Å². The van der Waals surface area contributed by atoms with Gasteiger partial charge in [-0.1, -0.05) is 12.1 Å². The van der Waals surface area contributed by atoms with Gasteiger partial charge >= 0.3 is 0 Å². The van der Waals surface area contributed by atoms with Crippen molar-refractivity contribution in [2.24, 2.45) is 5.73 Å². The van der Waals surface area contributed by atoms with Crippen LogP contribution in [0.25, 0.3) is 0 Å². The van der Waals surface area contributed by atoms with Crippen LogP contribution in [0.15, 0.2) is 22.7 Å². The van der Waals surface area contributed by atoms with Crippen LogP contribution in [0, 0.1) is 0 Å². The summed E-state index contributed by atoms with van der Waals surface area (Å²) in [5.41, 5.74) is 6.83. The Morgan fingerprint density at radius 1 is 1.43 bits per heavy atom. The summed E-state index contributed by atoms with van der Waals surface area (Å²) in [4.78, 5) is 0. The van der Waals surface area contributed by atoms with Crippen molar-refractivity contribution < 1.29 is 5.11 Å². The lowest BCUT2D eigenvalue weighted by Gasteiger charge is -2.18. The molecule has 0 unspecified atom stereocenters. The zero-order valence-electron chi connectivity index (χ0n) is 8.55. The van der Waals surface area contributed by atoms with Crippen molar-refractivity contribution in [1.82, 2.24) is 0 Å². The third-order valence-electron chi connectivity index (χ3n) is 2.10. The number of hydrogen-bond donors (Lipinski definition) is 2. The number of phenolic OH excluding ortho intramolecular Hbond substituents is 1. The molecule has 0 aliphatic carbocycles. The minimum Gasteiger partial charge on any atom is -0.507 e. The predicted molar refractivity (Wildman–Crippen MR) is 62.4 cm³/mol. The van der Waals surface area contributed by atoms with Gasteiger partial charge in [-0.25, -0.2) is 0 Å². The molecular weight excluding hydrogens is 242 g/mol. The van der Waals surface area contributed by atoms with Gasteiger partial charge in [0.1, 0.15) is 5.75 Å². The number of rotatable bonds is 3. The molecule has 0 aliphatic rings.